The van der Waals surface area contributed by atoms with E-state index in [0.717, 1.165) is 45.7 Å². The SMILES string of the molecule is CCOCCCN1CCC(NC(=O)CC(C)(C)C)C(C)C1. The average molecular weight is 298 g/mol. The lowest BCUT2D eigenvalue weighted by Crippen LogP contribution is -2.50. The quantitative estimate of drug-likeness (QED) is 0.735. The van der Waals surface area contributed by atoms with Crippen molar-refractivity contribution in [2.75, 3.05) is 32.8 Å². The summed E-state index contributed by atoms with van der Waals surface area (Å²) in [5.41, 5.74) is 0.0628. The zero-order valence-corrected chi connectivity index (χ0v) is 14.6. The summed E-state index contributed by atoms with van der Waals surface area (Å²) >= 11 is 0. The first-order chi connectivity index (χ1) is 9.81. The lowest BCUT2D eigenvalue weighted by molar-refractivity contribution is -0.124. The molecule has 0 aliphatic carbocycles. The van der Waals surface area contributed by atoms with Gasteiger partial charge in [0.15, 0.2) is 0 Å². The number of hydrogen-bond donors (Lipinski definition) is 1. The normalized spacial score (nSPS) is 24.0. The molecule has 4 heteroatoms. The van der Waals surface area contributed by atoms with Gasteiger partial charge in [-0.25, -0.2) is 0 Å². The van der Waals surface area contributed by atoms with E-state index in [-0.39, 0.29) is 11.3 Å². The molecule has 2 unspecified atom stereocenters. The van der Waals surface area contributed by atoms with E-state index < -0.39 is 0 Å². The van der Waals surface area contributed by atoms with Gasteiger partial charge in [-0.15, -0.1) is 0 Å². The minimum Gasteiger partial charge on any atom is -0.382 e. The van der Waals surface area contributed by atoms with E-state index in [1.54, 1.807) is 0 Å². The Hall–Kier alpha value is -0.610. The van der Waals surface area contributed by atoms with Gasteiger partial charge in [-0.2, -0.15) is 0 Å². The number of nitrogens with one attached hydrogen (secondary N) is 1. The van der Waals surface area contributed by atoms with Crippen LogP contribution in [-0.2, 0) is 9.53 Å². The van der Waals surface area contributed by atoms with Crippen molar-refractivity contribution in [3.8, 4) is 0 Å². The highest BCUT2D eigenvalue weighted by molar-refractivity contribution is 5.76. The van der Waals surface area contributed by atoms with Gasteiger partial charge >= 0.3 is 0 Å². The fraction of sp³-hybridized carbons (Fsp3) is 0.941. The zero-order chi connectivity index (χ0) is 15.9. The Morgan fingerprint density at radius 2 is 2.10 bits per heavy atom. The van der Waals surface area contributed by atoms with E-state index in [4.69, 9.17) is 4.74 Å². The Bertz CT molecular complexity index is 312. The number of hydrogen-bond acceptors (Lipinski definition) is 3. The first-order valence-corrected chi connectivity index (χ1v) is 8.41. The van der Waals surface area contributed by atoms with Crippen LogP contribution in [-0.4, -0.2) is 49.7 Å². The summed E-state index contributed by atoms with van der Waals surface area (Å²) in [6, 6.07) is 0.336. The van der Waals surface area contributed by atoms with E-state index in [1.807, 2.05) is 6.92 Å². The summed E-state index contributed by atoms with van der Waals surface area (Å²) in [5, 5.41) is 3.23. The van der Waals surface area contributed by atoms with Crippen molar-refractivity contribution in [3.63, 3.8) is 0 Å². The standard InChI is InChI=1S/C17H34N2O2/c1-6-21-11-7-9-19-10-8-15(14(2)13-19)18-16(20)12-17(3,4)5/h14-15H,6-13H2,1-5H3,(H,18,20). The van der Waals surface area contributed by atoms with Gasteiger partial charge in [-0.3, -0.25) is 4.79 Å². The number of carbonyl (C=O) groups excluding carboxylic acids is 1. The molecule has 0 aromatic rings. The second kappa shape index (κ2) is 8.74. The van der Waals surface area contributed by atoms with Gasteiger partial charge in [0.05, 0.1) is 0 Å². The third-order valence-electron chi connectivity index (χ3n) is 3.99. The minimum absolute atomic E-state index is 0.0628. The van der Waals surface area contributed by atoms with Crippen molar-refractivity contribution in [1.29, 1.82) is 0 Å². The lowest BCUT2D eigenvalue weighted by Gasteiger charge is -2.37. The fourth-order valence-electron chi connectivity index (χ4n) is 2.92. The fourth-order valence-corrected chi connectivity index (χ4v) is 2.92. The van der Waals surface area contributed by atoms with Crippen LogP contribution in [0.2, 0.25) is 0 Å². The van der Waals surface area contributed by atoms with Crippen molar-refractivity contribution in [3.05, 3.63) is 0 Å². The number of likely N-dealkylation sites (tertiary alicyclic amines) is 1. The smallest absolute Gasteiger partial charge is 0.220 e. The molecule has 124 valence electrons. The van der Waals surface area contributed by atoms with Gasteiger partial charge in [0.25, 0.3) is 0 Å². The van der Waals surface area contributed by atoms with Gasteiger partial charge in [-0.05, 0) is 31.1 Å². The van der Waals surface area contributed by atoms with Gasteiger partial charge in [-0.1, -0.05) is 27.7 Å². The van der Waals surface area contributed by atoms with E-state index in [0.29, 0.717) is 18.4 Å². The molecule has 1 rings (SSSR count). The maximum atomic E-state index is 12.1. The molecule has 1 aliphatic rings. The van der Waals surface area contributed by atoms with Crippen LogP contribution < -0.4 is 5.32 Å². The molecule has 21 heavy (non-hydrogen) atoms. The van der Waals surface area contributed by atoms with Gasteiger partial charge in [0.1, 0.15) is 0 Å². The third-order valence-corrected chi connectivity index (χ3v) is 3.99. The molecule has 0 bridgehead atoms. The summed E-state index contributed by atoms with van der Waals surface area (Å²) in [6.45, 7) is 15.5. The van der Waals surface area contributed by atoms with E-state index in [1.165, 1.54) is 0 Å². The van der Waals surface area contributed by atoms with Crippen molar-refractivity contribution < 1.29 is 9.53 Å². The molecule has 1 N–H and O–H groups in total. The van der Waals surface area contributed by atoms with E-state index >= 15 is 0 Å². The average Bonchev–Trinajstić information content (AvgIpc) is 2.35. The Kier molecular flexibility index (Phi) is 7.67. The number of nitrogens with zero attached hydrogens (tertiary/aromatic N) is 1. The van der Waals surface area contributed by atoms with Gasteiger partial charge in [0, 0.05) is 45.3 Å². The molecule has 0 aromatic heterocycles. The van der Waals surface area contributed by atoms with Crippen LogP contribution in [0.5, 0.6) is 0 Å². The number of rotatable bonds is 7. The topological polar surface area (TPSA) is 41.6 Å². The van der Waals surface area contributed by atoms with Crippen molar-refractivity contribution in [2.24, 2.45) is 11.3 Å². The van der Waals surface area contributed by atoms with Gasteiger partial charge < -0.3 is 15.0 Å². The molecule has 1 fully saturated rings. The molecule has 0 spiro atoms. The summed E-state index contributed by atoms with van der Waals surface area (Å²) in [7, 11) is 0. The molecule has 1 heterocycles. The minimum atomic E-state index is 0.0628. The van der Waals surface area contributed by atoms with Crippen LogP contribution in [0.4, 0.5) is 0 Å². The molecular weight excluding hydrogens is 264 g/mol. The van der Waals surface area contributed by atoms with Crippen LogP contribution in [0, 0.1) is 11.3 Å². The predicted molar refractivity (Wildman–Crippen MR) is 87.3 cm³/mol. The first-order valence-electron chi connectivity index (χ1n) is 8.41. The molecular formula is C17H34N2O2. The molecule has 1 aliphatic heterocycles. The Balaban J connectivity index is 2.27. The molecule has 0 radical (unpaired) electrons. The van der Waals surface area contributed by atoms with Crippen LogP contribution in [0.15, 0.2) is 0 Å². The molecule has 4 nitrogen and oxygen atoms in total. The number of ether oxygens (including phenoxy) is 1. The van der Waals surface area contributed by atoms with Crippen molar-refractivity contribution in [2.45, 2.75) is 59.9 Å². The van der Waals surface area contributed by atoms with Crippen molar-refractivity contribution in [1.82, 2.24) is 10.2 Å². The lowest BCUT2D eigenvalue weighted by atomic mass is 9.90. The Morgan fingerprint density at radius 3 is 2.67 bits per heavy atom. The summed E-state index contributed by atoms with van der Waals surface area (Å²) in [6.07, 6.45) is 2.77. The Labute approximate surface area is 130 Å². The summed E-state index contributed by atoms with van der Waals surface area (Å²) in [4.78, 5) is 14.6. The Morgan fingerprint density at radius 1 is 1.38 bits per heavy atom. The maximum Gasteiger partial charge on any atom is 0.220 e. The largest absolute Gasteiger partial charge is 0.382 e. The maximum absolute atomic E-state index is 12.1. The molecule has 0 saturated carbocycles. The predicted octanol–water partition coefficient (Wildman–Crippen LogP) is 2.68. The highest BCUT2D eigenvalue weighted by Crippen LogP contribution is 2.20. The van der Waals surface area contributed by atoms with Crippen LogP contribution >= 0.6 is 0 Å². The highest BCUT2D eigenvalue weighted by Gasteiger charge is 2.27. The van der Waals surface area contributed by atoms with Crippen LogP contribution in [0.3, 0.4) is 0 Å². The number of carbonyl (C=O) groups is 1. The van der Waals surface area contributed by atoms with Crippen LogP contribution in [0.1, 0.15) is 53.9 Å². The van der Waals surface area contributed by atoms with E-state index in [2.05, 4.69) is 37.9 Å². The second-order valence-corrected chi connectivity index (χ2v) is 7.53. The molecule has 1 amide bonds. The second-order valence-electron chi connectivity index (χ2n) is 7.53. The first kappa shape index (κ1) is 18.4. The number of amides is 1. The molecule has 1 saturated heterocycles. The van der Waals surface area contributed by atoms with Crippen LogP contribution in [0.25, 0.3) is 0 Å². The third kappa shape index (κ3) is 7.82. The highest BCUT2D eigenvalue weighted by atomic mass is 16.5. The number of piperidine rings is 1. The summed E-state index contributed by atoms with van der Waals surface area (Å²) < 4.78 is 5.39. The summed E-state index contributed by atoms with van der Waals surface area (Å²) in [5.74, 6) is 0.721. The molecule has 0 aromatic carbocycles. The monoisotopic (exact) mass is 298 g/mol. The molecule has 2 atom stereocenters. The van der Waals surface area contributed by atoms with Gasteiger partial charge in [0.2, 0.25) is 5.91 Å². The van der Waals surface area contributed by atoms with Crippen molar-refractivity contribution >= 4 is 5.91 Å². The van der Waals surface area contributed by atoms with E-state index in [9.17, 15) is 4.79 Å². The zero-order valence-electron chi connectivity index (χ0n) is 14.6.